The molecule has 0 spiro atoms. The number of imidazole rings is 1. The summed E-state index contributed by atoms with van der Waals surface area (Å²) in [6.45, 7) is 2.64. The van der Waals surface area contributed by atoms with Gasteiger partial charge in [0.15, 0.2) is 0 Å². The van der Waals surface area contributed by atoms with Crippen LogP contribution in [0.3, 0.4) is 0 Å². The van der Waals surface area contributed by atoms with E-state index in [9.17, 15) is 19.5 Å². The predicted octanol–water partition coefficient (Wildman–Crippen LogP) is 3.15. The molecule has 2 amide bonds. The molecule has 1 fully saturated rings. The summed E-state index contributed by atoms with van der Waals surface area (Å²) in [7, 11) is 1.56. The average Bonchev–Trinajstić information content (AvgIpc) is 3.42. The average molecular weight is 484 g/mol. The second-order valence-electron chi connectivity index (χ2n) is 9.19. The number of carboxylic acid groups (broad SMARTS) is 1. The summed E-state index contributed by atoms with van der Waals surface area (Å²) in [6, 6.07) is 7.44. The van der Waals surface area contributed by atoms with Crippen molar-refractivity contribution in [3.05, 3.63) is 42.4 Å². The number of H-pyrrole nitrogens is 1. The first-order chi connectivity index (χ1) is 16.9. The number of aromatic amines is 1. The fourth-order valence-corrected chi connectivity index (χ4v) is 4.66. The highest BCUT2D eigenvalue weighted by molar-refractivity contribution is 5.88. The number of amides is 2. The van der Waals surface area contributed by atoms with Gasteiger partial charge in [-0.25, -0.2) is 10.4 Å². The van der Waals surface area contributed by atoms with Crippen LogP contribution < -0.4 is 10.7 Å². The molecular weight excluding hydrogens is 446 g/mol. The van der Waals surface area contributed by atoms with Gasteiger partial charge in [0.2, 0.25) is 11.8 Å². The molecule has 1 aromatic heterocycles. The smallest absolute Gasteiger partial charge is 0.306 e. The van der Waals surface area contributed by atoms with E-state index in [2.05, 4.69) is 20.7 Å². The number of hydrazine groups is 1. The first-order valence-electron chi connectivity index (χ1n) is 12.5. The standard InChI is InChI=1S/C26H37N5O4/c1-3-4-6-21(26(34)35)15-20(25(33)31-23(24(32)27-2)7-5-14-30-31)13-10-18-8-11-19(12-9-18)22-16-28-17-29-22/h8-9,11-12,16-17,20-21,23,30H,3-7,10,13-15H2,1-2H3,(H,27,32)(H,28,29)(H,34,35)/t20?,21?,23-/m0/s1. The van der Waals surface area contributed by atoms with Crippen LogP contribution in [0.5, 0.6) is 0 Å². The third kappa shape index (κ3) is 7.14. The number of carbonyl (C=O) groups excluding carboxylic acids is 2. The molecule has 1 saturated heterocycles. The maximum atomic E-state index is 13.7. The van der Waals surface area contributed by atoms with E-state index in [0.29, 0.717) is 32.2 Å². The summed E-state index contributed by atoms with van der Waals surface area (Å²) >= 11 is 0. The van der Waals surface area contributed by atoms with E-state index < -0.39 is 23.8 Å². The minimum Gasteiger partial charge on any atom is -0.481 e. The van der Waals surface area contributed by atoms with Crippen LogP contribution in [0.1, 0.15) is 57.4 Å². The zero-order valence-electron chi connectivity index (χ0n) is 20.6. The van der Waals surface area contributed by atoms with Gasteiger partial charge in [0.25, 0.3) is 0 Å². The Kier molecular flexibility index (Phi) is 9.84. The highest BCUT2D eigenvalue weighted by Crippen LogP contribution is 2.27. The third-order valence-corrected chi connectivity index (χ3v) is 6.74. The zero-order valence-corrected chi connectivity index (χ0v) is 20.6. The van der Waals surface area contributed by atoms with Gasteiger partial charge in [0.1, 0.15) is 6.04 Å². The molecular formula is C26H37N5O4. The molecule has 1 aliphatic rings. The van der Waals surface area contributed by atoms with Crippen molar-refractivity contribution in [2.75, 3.05) is 13.6 Å². The van der Waals surface area contributed by atoms with E-state index in [4.69, 9.17) is 0 Å². The predicted molar refractivity (Wildman–Crippen MR) is 133 cm³/mol. The third-order valence-electron chi connectivity index (χ3n) is 6.74. The lowest BCUT2D eigenvalue weighted by atomic mass is 9.85. The lowest BCUT2D eigenvalue weighted by molar-refractivity contribution is -0.151. The molecule has 2 aromatic rings. The summed E-state index contributed by atoms with van der Waals surface area (Å²) < 4.78 is 0. The van der Waals surface area contributed by atoms with Crippen molar-refractivity contribution in [2.24, 2.45) is 11.8 Å². The van der Waals surface area contributed by atoms with Crippen LogP contribution in [0.2, 0.25) is 0 Å². The molecule has 2 unspecified atom stereocenters. The van der Waals surface area contributed by atoms with Crippen molar-refractivity contribution >= 4 is 17.8 Å². The Labute approximate surface area is 206 Å². The molecule has 9 nitrogen and oxygen atoms in total. The molecule has 4 N–H and O–H groups in total. The van der Waals surface area contributed by atoms with Gasteiger partial charge in [-0.05, 0) is 44.1 Å². The van der Waals surface area contributed by atoms with E-state index in [1.54, 1.807) is 13.4 Å². The number of carbonyl (C=O) groups is 3. The lowest BCUT2D eigenvalue weighted by Gasteiger charge is -2.37. The van der Waals surface area contributed by atoms with Gasteiger partial charge in [-0.15, -0.1) is 0 Å². The summed E-state index contributed by atoms with van der Waals surface area (Å²) in [5, 5.41) is 13.9. The minimum absolute atomic E-state index is 0.200. The summed E-state index contributed by atoms with van der Waals surface area (Å²) in [4.78, 5) is 45.3. The number of rotatable bonds is 12. The van der Waals surface area contributed by atoms with Crippen LogP contribution >= 0.6 is 0 Å². The van der Waals surface area contributed by atoms with Gasteiger partial charge >= 0.3 is 5.97 Å². The number of likely N-dealkylation sites (N-methyl/N-ethyl adjacent to an activating group) is 1. The molecule has 0 saturated carbocycles. The lowest BCUT2D eigenvalue weighted by Crippen LogP contribution is -2.59. The number of unbranched alkanes of at least 4 members (excludes halogenated alkanes) is 1. The van der Waals surface area contributed by atoms with Gasteiger partial charge in [-0.1, -0.05) is 44.0 Å². The van der Waals surface area contributed by atoms with Crippen LogP contribution in [0.25, 0.3) is 11.3 Å². The van der Waals surface area contributed by atoms with Crippen molar-refractivity contribution in [1.29, 1.82) is 0 Å². The monoisotopic (exact) mass is 483 g/mol. The fraction of sp³-hybridized carbons (Fsp3) is 0.538. The van der Waals surface area contributed by atoms with E-state index in [1.807, 2.05) is 37.4 Å². The molecule has 1 aliphatic heterocycles. The fourth-order valence-electron chi connectivity index (χ4n) is 4.66. The first kappa shape index (κ1) is 26.4. The Morgan fingerprint density at radius 3 is 2.60 bits per heavy atom. The second kappa shape index (κ2) is 13.0. The topological polar surface area (TPSA) is 127 Å². The van der Waals surface area contributed by atoms with Crippen LogP contribution in [0.15, 0.2) is 36.8 Å². The van der Waals surface area contributed by atoms with E-state index in [-0.39, 0.29) is 18.2 Å². The number of benzene rings is 1. The molecule has 0 radical (unpaired) electrons. The quantitative estimate of drug-likeness (QED) is 0.367. The van der Waals surface area contributed by atoms with Gasteiger partial charge in [0.05, 0.1) is 17.9 Å². The van der Waals surface area contributed by atoms with E-state index in [0.717, 1.165) is 36.1 Å². The van der Waals surface area contributed by atoms with Gasteiger partial charge in [0, 0.05) is 31.3 Å². The van der Waals surface area contributed by atoms with Gasteiger partial charge < -0.3 is 15.4 Å². The van der Waals surface area contributed by atoms with Crippen LogP contribution in [-0.4, -0.2) is 57.5 Å². The summed E-state index contributed by atoms with van der Waals surface area (Å²) in [5.74, 6) is -2.37. The number of aliphatic carboxylic acids is 1. The molecule has 3 atom stereocenters. The SMILES string of the molecule is CCCCC(CC(CCc1ccc(-c2c[nH]cn2)cc1)C(=O)N1NCCC[C@H]1C(=O)NC)C(=O)O. The molecule has 2 heterocycles. The summed E-state index contributed by atoms with van der Waals surface area (Å²) in [5.41, 5.74) is 6.03. The van der Waals surface area contributed by atoms with Crippen molar-refractivity contribution in [1.82, 2.24) is 25.7 Å². The normalized spacial score (nSPS) is 17.5. The number of nitrogens with zero attached hydrogens (tertiary/aromatic N) is 2. The number of hydrogen-bond acceptors (Lipinski definition) is 5. The van der Waals surface area contributed by atoms with Gasteiger partial charge in [-0.2, -0.15) is 0 Å². The number of carboxylic acids is 1. The number of aromatic nitrogens is 2. The first-order valence-corrected chi connectivity index (χ1v) is 12.5. The van der Waals surface area contributed by atoms with Crippen molar-refractivity contribution in [3.8, 4) is 11.3 Å². The number of hydrogen-bond donors (Lipinski definition) is 4. The van der Waals surface area contributed by atoms with Crippen molar-refractivity contribution in [3.63, 3.8) is 0 Å². The Morgan fingerprint density at radius 2 is 1.97 bits per heavy atom. The molecule has 0 aliphatic carbocycles. The Hall–Kier alpha value is -3.20. The number of aryl methyl sites for hydroxylation is 1. The highest BCUT2D eigenvalue weighted by Gasteiger charge is 2.37. The maximum absolute atomic E-state index is 13.7. The number of nitrogens with one attached hydrogen (secondary N) is 3. The molecule has 190 valence electrons. The Morgan fingerprint density at radius 1 is 1.20 bits per heavy atom. The molecule has 1 aromatic carbocycles. The van der Waals surface area contributed by atoms with Gasteiger partial charge in [-0.3, -0.25) is 19.4 Å². The zero-order chi connectivity index (χ0) is 25.2. The van der Waals surface area contributed by atoms with Crippen molar-refractivity contribution in [2.45, 2.75) is 64.3 Å². The molecule has 0 bridgehead atoms. The second-order valence-corrected chi connectivity index (χ2v) is 9.19. The largest absolute Gasteiger partial charge is 0.481 e. The van der Waals surface area contributed by atoms with Crippen molar-refractivity contribution < 1.29 is 19.5 Å². The Bertz CT molecular complexity index is 961. The molecule has 9 heteroatoms. The molecule has 35 heavy (non-hydrogen) atoms. The van der Waals surface area contributed by atoms with Crippen LogP contribution in [-0.2, 0) is 20.8 Å². The summed E-state index contributed by atoms with van der Waals surface area (Å²) in [6.07, 6.45) is 8.50. The molecule has 3 rings (SSSR count). The minimum atomic E-state index is -0.867. The van der Waals surface area contributed by atoms with Crippen LogP contribution in [0, 0.1) is 11.8 Å². The van der Waals surface area contributed by atoms with E-state index in [1.165, 1.54) is 5.01 Å². The van der Waals surface area contributed by atoms with Crippen LogP contribution in [0.4, 0.5) is 0 Å². The Balaban J connectivity index is 1.76. The van der Waals surface area contributed by atoms with E-state index >= 15 is 0 Å². The highest BCUT2D eigenvalue weighted by atomic mass is 16.4. The maximum Gasteiger partial charge on any atom is 0.306 e.